The van der Waals surface area contributed by atoms with Crippen LogP contribution in [0.25, 0.3) is 0 Å². The van der Waals surface area contributed by atoms with E-state index in [0.717, 1.165) is 4.90 Å². The maximum absolute atomic E-state index is 14.2. The number of fused-ring (bicyclic) bond motifs is 5. The van der Waals surface area contributed by atoms with Crippen molar-refractivity contribution in [2.45, 2.75) is 31.2 Å². The zero-order valence-electron chi connectivity index (χ0n) is 17.5. The molecule has 4 aliphatic rings. The Hall–Kier alpha value is -3.50. The number of benzene rings is 2. The molecule has 2 saturated heterocycles. The fourth-order valence-electron chi connectivity index (χ4n) is 5.56. The minimum atomic E-state index is -1.65. The molecule has 1 spiro atoms. The van der Waals surface area contributed by atoms with Crippen molar-refractivity contribution < 1.29 is 33.4 Å². The third-order valence-corrected chi connectivity index (χ3v) is 7.00. The van der Waals surface area contributed by atoms with E-state index >= 15 is 0 Å². The van der Waals surface area contributed by atoms with E-state index in [0.29, 0.717) is 22.7 Å². The molecule has 10 heteroatoms. The first-order valence-corrected chi connectivity index (χ1v) is 10.6. The van der Waals surface area contributed by atoms with Crippen LogP contribution in [0.2, 0.25) is 0 Å². The monoisotopic (exact) mass is 453 g/mol. The van der Waals surface area contributed by atoms with Crippen molar-refractivity contribution in [3.63, 3.8) is 0 Å². The summed E-state index contributed by atoms with van der Waals surface area (Å²) in [6.07, 6.45) is -1.04. The van der Waals surface area contributed by atoms with Crippen LogP contribution in [0.3, 0.4) is 0 Å². The summed E-state index contributed by atoms with van der Waals surface area (Å²) in [5.74, 6) is -3.17. The van der Waals surface area contributed by atoms with E-state index in [4.69, 9.17) is 9.47 Å². The highest BCUT2D eigenvalue weighted by molar-refractivity contribution is 6.15. The molecule has 0 aromatic heterocycles. The third-order valence-electron chi connectivity index (χ3n) is 7.00. The molecule has 6 rings (SSSR count). The van der Waals surface area contributed by atoms with Crippen LogP contribution in [0.4, 0.5) is 10.1 Å². The summed E-state index contributed by atoms with van der Waals surface area (Å²) in [5.41, 5.74) is -0.371. The molecule has 0 radical (unpaired) electrons. The number of likely N-dealkylation sites (tertiary alicyclic amines) is 1. The maximum atomic E-state index is 14.2. The Balaban J connectivity index is 1.42. The lowest BCUT2D eigenvalue weighted by Gasteiger charge is -2.30. The summed E-state index contributed by atoms with van der Waals surface area (Å²) in [6.45, 7) is 1.56. The molecule has 4 heterocycles. The van der Waals surface area contributed by atoms with Gasteiger partial charge in [0.25, 0.3) is 0 Å². The highest BCUT2D eigenvalue weighted by Gasteiger charge is 2.71. The summed E-state index contributed by atoms with van der Waals surface area (Å²) in [7, 11) is 0. The lowest BCUT2D eigenvalue weighted by Crippen LogP contribution is -2.54. The molecule has 3 N–H and O–H groups in total. The number of rotatable bonds is 3. The van der Waals surface area contributed by atoms with Crippen molar-refractivity contribution in [2.75, 3.05) is 12.1 Å². The number of amides is 3. The van der Waals surface area contributed by atoms with Crippen LogP contribution < -0.4 is 20.1 Å². The number of hydrogen-bond donors (Lipinski definition) is 3. The Labute approximate surface area is 187 Å². The predicted octanol–water partition coefficient (Wildman–Crippen LogP) is 0.856. The van der Waals surface area contributed by atoms with Crippen molar-refractivity contribution in [1.29, 1.82) is 0 Å². The van der Waals surface area contributed by atoms with Gasteiger partial charge in [-0.05, 0) is 42.8 Å². The van der Waals surface area contributed by atoms with Gasteiger partial charge in [-0.3, -0.25) is 24.6 Å². The van der Waals surface area contributed by atoms with Crippen molar-refractivity contribution in [1.82, 2.24) is 10.2 Å². The Bertz CT molecular complexity index is 1230. The molecule has 2 fully saturated rings. The second-order valence-electron chi connectivity index (χ2n) is 8.82. The summed E-state index contributed by atoms with van der Waals surface area (Å²) < 4.78 is 24.9. The molecular formula is C23H20FN3O6. The van der Waals surface area contributed by atoms with Gasteiger partial charge >= 0.3 is 0 Å². The highest BCUT2D eigenvalue weighted by Crippen LogP contribution is 2.53. The molecule has 2 aromatic carbocycles. The Morgan fingerprint density at radius 3 is 2.73 bits per heavy atom. The third kappa shape index (κ3) is 2.61. The average molecular weight is 453 g/mol. The number of aliphatic hydroxyl groups is 1. The first-order chi connectivity index (χ1) is 15.8. The summed E-state index contributed by atoms with van der Waals surface area (Å²) in [5, 5.41) is 16.2. The Kier molecular flexibility index (Phi) is 4.12. The number of nitrogens with zero attached hydrogens (tertiary/aromatic N) is 1. The van der Waals surface area contributed by atoms with Gasteiger partial charge in [-0.1, -0.05) is 6.07 Å². The number of imide groups is 1. The van der Waals surface area contributed by atoms with E-state index in [-0.39, 0.29) is 18.9 Å². The van der Waals surface area contributed by atoms with Crippen LogP contribution in [-0.2, 0) is 26.5 Å². The molecule has 0 bridgehead atoms. The van der Waals surface area contributed by atoms with Crippen LogP contribution in [0, 0.1) is 17.7 Å². The van der Waals surface area contributed by atoms with Crippen LogP contribution in [0.15, 0.2) is 36.4 Å². The number of anilines is 1. The quantitative estimate of drug-likeness (QED) is 0.590. The molecule has 0 aliphatic carbocycles. The highest BCUT2D eigenvalue weighted by atomic mass is 19.1. The number of halogens is 1. The van der Waals surface area contributed by atoms with Crippen LogP contribution in [0.5, 0.6) is 11.5 Å². The van der Waals surface area contributed by atoms with Gasteiger partial charge in [-0.25, -0.2) is 4.39 Å². The molecule has 9 nitrogen and oxygen atoms in total. The van der Waals surface area contributed by atoms with Gasteiger partial charge in [0.05, 0.1) is 24.5 Å². The normalized spacial score (nSPS) is 30.1. The average Bonchev–Trinajstić information content (AvgIpc) is 3.51. The number of carbonyl (C=O) groups is 3. The Morgan fingerprint density at radius 2 is 1.94 bits per heavy atom. The predicted molar refractivity (Wildman–Crippen MR) is 110 cm³/mol. The standard InChI is InChI=1S/C23H20FN3O6/c1-10(28)19-17-18(23(26-19)13-7-12(24)3-4-14(13)25-22(23)31)21(30)27(20(17)29)8-11-2-5-15-16(6-11)33-9-32-15/h2-7,10,17-19,26,28H,8-9H2,1H3,(H,25,31)/t10-,17+,18+,19-,23+/m1/s1. The van der Waals surface area contributed by atoms with Crippen LogP contribution in [0.1, 0.15) is 18.1 Å². The Morgan fingerprint density at radius 1 is 1.15 bits per heavy atom. The van der Waals surface area contributed by atoms with Crippen molar-refractivity contribution in [3.05, 3.63) is 53.3 Å². The minimum absolute atomic E-state index is 0.0262. The number of carbonyl (C=O) groups excluding carboxylic acids is 3. The van der Waals surface area contributed by atoms with E-state index in [9.17, 15) is 23.9 Å². The number of ether oxygens (including phenoxy) is 2. The van der Waals surface area contributed by atoms with Crippen molar-refractivity contribution in [3.8, 4) is 11.5 Å². The fourth-order valence-corrected chi connectivity index (χ4v) is 5.56. The van der Waals surface area contributed by atoms with E-state index in [2.05, 4.69) is 10.6 Å². The van der Waals surface area contributed by atoms with Gasteiger partial charge in [0.2, 0.25) is 24.5 Å². The molecule has 33 heavy (non-hydrogen) atoms. The zero-order chi connectivity index (χ0) is 23.1. The largest absolute Gasteiger partial charge is 0.454 e. The zero-order valence-corrected chi connectivity index (χ0v) is 17.5. The molecule has 4 aliphatic heterocycles. The van der Waals surface area contributed by atoms with Gasteiger partial charge in [-0.15, -0.1) is 0 Å². The SMILES string of the molecule is C[C@@H](O)[C@H]1N[C@]2(C(=O)Nc3ccc(F)cc32)[C@@H]2C(=O)N(Cc3ccc4c(c3)OCO4)C(=O)[C@H]12. The summed E-state index contributed by atoms with van der Waals surface area (Å²) in [6, 6.07) is 8.10. The van der Waals surface area contributed by atoms with Gasteiger partial charge in [-0.2, -0.15) is 0 Å². The van der Waals surface area contributed by atoms with E-state index in [1.807, 2.05) is 0 Å². The van der Waals surface area contributed by atoms with Gasteiger partial charge < -0.3 is 19.9 Å². The second-order valence-corrected chi connectivity index (χ2v) is 8.82. The molecule has 5 atom stereocenters. The smallest absolute Gasteiger partial charge is 0.250 e. The van der Waals surface area contributed by atoms with Gasteiger partial charge in [0, 0.05) is 17.3 Å². The molecule has 0 saturated carbocycles. The first-order valence-electron chi connectivity index (χ1n) is 10.6. The topological polar surface area (TPSA) is 117 Å². The van der Waals surface area contributed by atoms with Crippen molar-refractivity contribution >= 4 is 23.4 Å². The lowest BCUT2D eigenvalue weighted by molar-refractivity contribution is -0.143. The fraction of sp³-hybridized carbons (Fsp3) is 0.348. The molecule has 2 aromatic rings. The summed E-state index contributed by atoms with van der Waals surface area (Å²) in [4.78, 5) is 41.5. The molecule has 170 valence electrons. The van der Waals surface area contributed by atoms with E-state index < -0.39 is 53.1 Å². The minimum Gasteiger partial charge on any atom is -0.454 e. The van der Waals surface area contributed by atoms with E-state index in [1.54, 1.807) is 18.2 Å². The maximum Gasteiger partial charge on any atom is 0.250 e. The van der Waals surface area contributed by atoms with Crippen LogP contribution in [-0.4, -0.2) is 46.7 Å². The number of nitrogens with one attached hydrogen (secondary N) is 2. The molecule has 3 amide bonds. The van der Waals surface area contributed by atoms with E-state index in [1.165, 1.54) is 25.1 Å². The second kappa shape index (κ2) is 6.75. The lowest BCUT2D eigenvalue weighted by atomic mass is 9.76. The van der Waals surface area contributed by atoms with Gasteiger partial charge in [0.1, 0.15) is 11.4 Å². The summed E-state index contributed by atoms with van der Waals surface area (Å²) >= 11 is 0. The molecule has 0 unspecified atom stereocenters. The number of hydrogen-bond acceptors (Lipinski definition) is 7. The van der Waals surface area contributed by atoms with Crippen LogP contribution >= 0.6 is 0 Å². The number of aliphatic hydroxyl groups excluding tert-OH is 1. The first kappa shape index (κ1) is 20.1. The molecular weight excluding hydrogens is 433 g/mol. The van der Waals surface area contributed by atoms with Gasteiger partial charge in [0.15, 0.2) is 11.5 Å². The van der Waals surface area contributed by atoms with Crippen molar-refractivity contribution in [2.24, 2.45) is 11.8 Å².